The second-order valence-electron chi connectivity index (χ2n) is 4.97. The number of fused-ring (bicyclic) bond motifs is 1. The minimum Gasteiger partial charge on any atom is -0.505 e. The highest BCUT2D eigenvalue weighted by atomic mass is 16.5. The van der Waals surface area contributed by atoms with Crippen LogP contribution in [0.15, 0.2) is 42.5 Å². The molecule has 1 heterocycles. The molecule has 3 rings (SSSR count). The van der Waals surface area contributed by atoms with Crippen LogP contribution in [0.1, 0.15) is 12.8 Å². The van der Waals surface area contributed by atoms with E-state index in [4.69, 9.17) is 9.84 Å². The number of carboxylic acids is 1. The third-order valence-corrected chi connectivity index (χ3v) is 3.25. The molecule has 7 nitrogen and oxygen atoms in total. The Balaban J connectivity index is 1.75. The molecule has 0 saturated carbocycles. The summed E-state index contributed by atoms with van der Waals surface area (Å²) < 4.78 is 5.41. The molecule has 0 bridgehead atoms. The third-order valence-electron chi connectivity index (χ3n) is 3.25. The largest absolute Gasteiger partial charge is 0.505 e. The van der Waals surface area contributed by atoms with Crippen LogP contribution in [0.3, 0.4) is 0 Å². The number of nitrogens with zero attached hydrogens (tertiary/aromatic N) is 3. The molecule has 0 aliphatic carbocycles. The first-order valence-corrected chi connectivity index (χ1v) is 7.13. The highest BCUT2D eigenvalue weighted by molar-refractivity contribution is 5.73. The zero-order chi connectivity index (χ0) is 16.2. The Labute approximate surface area is 131 Å². The molecule has 1 aromatic heterocycles. The maximum absolute atomic E-state index is 10.4. The standard InChI is InChI=1S/C16H15N3O4/c20-15-10-11(23-9-3-6-16(21)22)7-8-14(15)19-17-12-4-1-2-5-13(12)18-19/h1-2,4-5,7-8,10,20H,3,6,9H2,(H,21,22). The molecule has 0 atom stereocenters. The summed E-state index contributed by atoms with van der Waals surface area (Å²) in [6, 6.07) is 12.2. The Morgan fingerprint density at radius 3 is 2.43 bits per heavy atom. The van der Waals surface area contributed by atoms with Gasteiger partial charge in [-0.3, -0.25) is 4.79 Å². The summed E-state index contributed by atoms with van der Waals surface area (Å²) in [6.07, 6.45) is 0.456. The van der Waals surface area contributed by atoms with Gasteiger partial charge in [0.25, 0.3) is 0 Å². The van der Waals surface area contributed by atoms with E-state index >= 15 is 0 Å². The van der Waals surface area contributed by atoms with Gasteiger partial charge in [-0.1, -0.05) is 12.1 Å². The van der Waals surface area contributed by atoms with E-state index in [1.54, 1.807) is 12.1 Å². The van der Waals surface area contributed by atoms with Crippen molar-refractivity contribution in [3.63, 3.8) is 0 Å². The Kier molecular flexibility index (Phi) is 4.09. The monoisotopic (exact) mass is 313 g/mol. The van der Waals surface area contributed by atoms with Crippen molar-refractivity contribution >= 4 is 17.0 Å². The Morgan fingerprint density at radius 2 is 1.83 bits per heavy atom. The van der Waals surface area contributed by atoms with Crippen molar-refractivity contribution < 1.29 is 19.7 Å². The average molecular weight is 313 g/mol. The number of carboxylic acid groups (broad SMARTS) is 1. The molecule has 3 aromatic rings. The zero-order valence-corrected chi connectivity index (χ0v) is 12.2. The number of aliphatic carboxylic acids is 1. The number of hydrogen-bond acceptors (Lipinski definition) is 5. The topological polar surface area (TPSA) is 97.5 Å². The van der Waals surface area contributed by atoms with E-state index in [-0.39, 0.29) is 18.8 Å². The number of phenolic OH excluding ortho intramolecular Hbond substituents is 1. The number of hydrogen-bond donors (Lipinski definition) is 2. The molecule has 0 spiro atoms. The number of benzene rings is 2. The Hall–Kier alpha value is -3.09. The van der Waals surface area contributed by atoms with Crippen LogP contribution in [0, 0.1) is 0 Å². The number of carbonyl (C=O) groups is 1. The van der Waals surface area contributed by atoms with E-state index in [0.29, 0.717) is 17.9 Å². The second-order valence-corrected chi connectivity index (χ2v) is 4.97. The van der Waals surface area contributed by atoms with E-state index < -0.39 is 5.97 Å². The second kappa shape index (κ2) is 6.35. The van der Waals surface area contributed by atoms with Gasteiger partial charge in [-0.15, -0.1) is 15.0 Å². The van der Waals surface area contributed by atoms with Gasteiger partial charge in [0.15, 0.2) is 0 Å². The molecule has 2 N–H and O–H groups in total. The van der Waals surface area contributed by atoms with Crippen molar-refractivity contribution in [1.29, 1.82) is 0 Å². The molecule has 0 aliphatic rings. The molecule has 2 aromatic carbocycles. The summed E-state index contributed by atoms with van der Waals surface area (Å²) in [5.41, 5.74) is 1.92. The summed E-state index contributed by atoms with van der Waals surface area (Å²) in [6.45, 7) is 0.273. The predicted octanol–water partition coefficient (Wildman–Crippen LogP) is 2.37. The van der Waals surface area contributed by atoms with Gasteiger partial charge in [-0.25, -0.2) is 0 Å². The van der Waals surface area contributed by atoms with Crippen LogP contribution < -0.4 is 4.74 Å². The lowest BCUT2D eigenvalue weighted by Gasteiger charge is -2.08. The maximum Gasteiger partial charge on any atom is 0.303 e. The zero-order valence-electron chi connectivity index (χ0n) is 12.2. The summed E-state index contributed by atoms with van der Waals surface area (Å²) in [5.74, 6) is -0.405. The van der Waals surface area contributed by atoms with Crippen LogP contribution >= 0.6 is 0 Å². The number of aromatic hydroxyl groups is 1. The fraction of sp³-hybridized carbons (Fsp3) is 0.188. The minimum absolute atomic E-state index is 0.0129. The van der Waals surface area contributed by atoms with Crippen molar-refractivity contribution in [2.45, 2.75) is 12.8 Å². The van der Waals surface area contributed by atoms with Crippen LogP contribution in [0.4, 0.5) is 0 Å². The smallest absolute Gasteiger partial charge is 0.303 e. The minimum atomic E-state index is -0.858. The maximum atomic E-state index is 10.4. The molecule has 0 unspecified atom stereocenters. The quantitative estimate of drug-likeness (QED) is 0.678. The molecule has 0 saturated heterocycles. The van der Waals surface area contributed by atoms with Gasteiger partial charge in [0.1, 0.15) is 28.2 Å². The van der Waals surface area contributed by atoms with Gasteiger partial charge in [-0.2, -0.15) is 0 Å². The van der Waals surface area contributed by atoms with E-state index in [9.17, 15) is 9.90 Å². The van der Waals surface area contributed by atoms with E-state index in [2.05, 4.69) is 10.2 Å². The first-order valence-electron chi connectivity index (χ1n) is 7.13. The Bertz CT molecular complexity index is 811. The number of ether oxygens (including phenoxy) is 1. The molecule has 0 amide bonds. The van der Waals surface area contributed by atoms with Gasteiger partial charge in [0, 0.05) is 12.5 Å². The molecule has 23 heavy (non-hydrogen) atoms. The molecular weight excluding hydrogens is 298 g/mol. The molecular formula is C16H15N3O4. The van der Waals surface area contributed by atoms with Gasteiger partial charge < -0.3 is 14.9 Å². The molecule has 0 radical (unpaired) electrons. The van der Waals surface area contributed by atoms with Crippen molar-refractivity contribution in [3.05, 3.63) is 42.5 Å². The van der Waals surface area contributed by atoms with Gasteiger partial charge in [-0.05, 0) is 30.7 Å². The average Bonchev–Trinajstić information content (AvgIpc) is 2.95. The van der Waals surface area contributed by atoms with Crippen molar-refractivity contribution in [2.24, 2.45) is 0 Å². The van der Waals surface area contributed by atoms with E-state index in [1.165, 1.54) is 10.9 Å². The van der Waals surface area contributed by atoms with E-state index in [1.807, 2.05) is 24.3 Å². The first-order chi connectivity index (χ1) is 11.1. The van der Waals surface area contributed by atoms with E-state index in [0.717, 1.165) is 11.0 Å². The third kappa shape index (κ3) is 3.39. The van der Waals surface area contributed by atoms with Crippen molar-refractivity contribution in [3.8, 4) is 17.2 Å². The summed E-state index contributed by atoms with van der Waals surface area (Å²) in [7, 11) is 0. The van der Waals surface area contributed by atoms with Gasteiger partial charge in [0.05, 0.1) is 6.61 Å². The van der Waals surface area contributed by atoms with Crippen LogP contribution in [-0.4, -0.2) is 37.8 Å². The van der Waals surface area contributed by atoms with Crippen molar-refractivity contribution in [1.82, 2.24) is 15.0 Å². The van der Waals surface area contributed by atoms with Crippen LogP contribution in [-0.2, 0) is 4.79 Å². The lowest BCUT2D eigenvalue weighted by Crippen LogP contribution is -2.03. The van der Waals surface area contributed by atoms with Crippen molar-refractivity contribution in [2.75, 3.05) is 6.61 Å². The first kappa shape index (κ1) is 14.8. The summed E-state index contributed by atoms with van der Waals surface area (Å²) >= 11 is 0. The molecule has 7 heteroatoms. The summed E-state index contributed by atoms with van der Waals surface area (Å²) in [4.78, 5) is 11.8. The fourth-order valence-corrected chi connectivity index (χ4v) is 2.14. The van der Waals surface area contributed by atoms with Crippen LogP contribution in [0.2, 0.25) is 0 Å². The molecule has 118 valence electrons. The van der Waals surface area contributed by atoms with Crippen LogP contribution in [0.25, 0.3) is 16.7 Å². The van der Waals surface area contributed by atoms with Gasteiger partial charge in [0.2, 0.25) is 0 Å². The molecule has 0 aliphatic heterocycles. The number of phenols is 1. The number of aromatic nitrogens is 3. The highest BCUT2D eigenvalue weighted by Crippen LogP contribution is 2.26. The highest BCUT2D eigenvalue weighted by Gasteiger charge is 2.10. The fourth-order valence-electron chi connectivity index (χ4n) is 2.14. The summed E-state index contributed by atoms with van der Waals surface area (Å²) in [5, 5.41) is 27.3. The normalized spacial score (nSPS) is 10.8. The SMILES string of the molecule is O=C(O)CCCOc1ccc(-n2nc3ccccc3n2)c(O)c1. The number of rotatable bonds is 6. The predicted molar refractivity (Wildman–Crippen MR) is 82.9 cm³/mol. The van der Waals surface area contributed by atoms with Gasteiger partial charge >= 0.3 is 5.97 Å². The van der Waals surface area contributed by atoms with Crippen LogP contribution in [0.5, 0.6) is 11.5 Å². The lowest BCUT2D eigenvalue weighted by molar-refractivity contribution is -0.137. The Morgan fingerprint density at radius 1 is 1.13 bits per heavy atom. The lowest BCUT2D eigenvalue weighted by atomic mass is 10.3. The molecule has 0 fully saturated rings.